The van der Waals surface area contributed by atoms with E-state index in [0.29, 0.717) is 28.0 Å². The predicted octanol–water partition coefficient (Wildman–Crippen LogP) is 15.1. The van der Waals surface area contributed by atoms with Gasteiger partial charge in [0.25, 0.3) is 23.6 Å². The number of carbonyl (C=O) groups is 4. The number of amides is 4. The molecule has 4 amide bonds. The number of nitrogens with one attached hydrogen (secondary N) is 4. The number of benzene rings is 2. The van der Waals surface area contributed by atoms with E-state index in [2.05, 4.69) is 139 Å². The minimum absolute atomic E-state index is 0.00198. The zero-order valence-corrected chi connectivity index (χ0v) is 48.3. The maximum Gasteiger partial charge on any atom is 0.255 e. The van der Waals surface area contributed by atoms with Crippen molar-refractivity contribution in [3.63, 3.8) is 0 Å². The van der Waals surface area contributed by atoms with Crippen LogP contribution in [0.2, 0.25) is 0 Å². The molecule has 9 nitrogen and oxygen atoms in total. The first-order valence-electron chi connectivity index (χ1n) is 29.2. The monoisotopic (exact) mass is 1050 g/mol. The third-order valence-electron chi connectivity index (χ3n) is 19.2. The molecule has 6 aliphatic carbocycles. The molecule has 12 bridgehead atoms. The van der Waals surface area contributed by atoms with E-state index < -0.39 is 0 Å². The molecule has 6 atom stereocenters. The number of hydrogen-bond acceptors (Lipinski definition) is 5. The maximum atomic E-state index is 14.7. The van der Waals surface area contributed by atoms with Crippen LogP contribution in [-0.4, -0.2) is 40.7 Å². The maximum absolute atomic E-state index is 14.7. The fourth-order valence-electron chi connectivity index (χ4n) is 15.0. The summed E-state index contributed by atoms with van der Waals surface area (Å²) in [5, 5.41) is 13.5. The van der Waals surface area contributed by atoms with Crippen LogP contribution in [0, 0.1) is 34.5 Å². The van der Waals surface area contributed by atoms with Gasteiger partial charge in [-0.1, -0.05) is 126 Å². The Labute approximate surface area is 464 Å². The van der Waals surface area contributed by atoms with Gasteiger partial charge in [-0.3, -0.25) is 24.2 Å². The first-order chi connectivity index (χ1) is 37.1. The summed E-state index contributed by atoms with van der Waals surface area (Å²) in [5.41, 5.74) is 14.7. The number of carbonyl (C=O) groups excluding carboxylic acids is 4. The molecule has 19 rings (SSSR count). The molecular weight excluding hydrogens is 963 g/mol. The van der Waals surface area contributed by atoms with Crippen LogP contribution in [-0.2, 0) is 10.2 Å². The molecule has 10 aliphatic heterocycles. The van der Waals surface area contributed by atoms with Gasteiger partial charge in [-0.05, 0) is 202 Å². The number of allylic oxidation sites excluding steroid dienone is 9. The van der Waals surface area contributed by atoms with Crippen LogP contribution in [0.5, 0.6) is 0 Å². The Balaban J connectivity index is 1.05. The summed E-state index contributed by atoms with van der Waals surface area (Å²) in [4.78, 5) is 63.0. The van der Waals surface area contributed by atoms with Crippen LogP contribution in [0.4, 0.5) is 5.69 Å². The van der Waals surface area contributed by atoms with Crippen LogP contribution in [0.25, 0.3) is 11.1 Å². The number of aromatic nitrogens is 1. The summed E-state index contributed by atoms with van der Waals surface area (Å²) in [6, 6.07) is 14.7. The zero-order valence-electron chi connectivity index (χ0n) is 48.3. The lowest BCUT2D eigenvalue weighted by Gasteiger charge is -2.47. The van der Waals surface area contributed by atoms with Crippen molar-refractivity contribution < 1.29 is 19.2 Å². The fourth-order valence-corrected chi connectivity index (χ4v) is 15.0. The molecule has 2 spiro atoms. The number of hydrogen-bond donors (Lipinski definition) is 4. The first-order valence-corrected chi connectivity index (χ1v) is 29.2. The molecule has 11 heterocycles. The summed E-state index contributed by atoms with van der Waals surface area (Å²) < 4.78 is 0. The lowest BCUT2D eigenvalue weighted by atomic mass is 9.57. The molecule has 408 valence electrons. The molecule has 2 fully saturated rings. The summed E-state index contributed by atoms with van der Waals surface area (Å²) in [5.74, 6) is -0.370. The summed E-state index contributed by atoms with van der Waals surface area (Å²) in [7, 11) is 0. The first kappa shape index (κ1) is 54.7. The van der Waals surface area contributed by atoms with Crippen LogP contribution in [0.15, 0.2) is 153 Å². The van der Waals surface area contributed by atoms with E-state index in [-0.39, 0.29) is 75.6 Å². The van der Waals surface area contributed by atoms with Gasteiger partial charge < -0.3 is 21.3 Å². The van der Waals surface area contributed by atoms with Crippen molar-refractivity contribution in [2.75, 3.05) is 5.32 Å². The van der Waals surface area contributed by atoms with E-state index in [1.165, 1.54) is 24.0 Å². The number of anilines is 1. The van der Waals surface area contributed by atoms with Crippen molar-refractivity contribution in [3.05, 3.63) is 175 Å². The summed E-state index contributed by atoms with van der Waals surface area (Å²) >= 11 is 0. The Hall–Kier alpha value is -6.61. The molecule has 16 aliphatic rings. The van der Waals surface area contributed by atoms with Crippen LogP contribution >= 0.6 is 0 Å². The van der Waals surface area contributed by atoms with Gasteiger partial charge >= 0.3 is 0 Å². The largest absolute Gasteiger partial charge is 0.345 e. The molecule has 9 heteroatoms. The van der Waals surface area contributed by atoms with E-state index >= 15 is 0 Å². The topological polar surface area (TPSA) is 129 Å². The number of pyridine rings is 1. The Morgan fingerprint density at radius 1 is 0.513 bits per heavy atom. The minimum Gasteiger partial charge on any atom is -0.345 e. The van der Waals surface area contributed by atoms with E-state index in [1.807, 2.05) is 42.5 Å². The summed E-state index contributed by atoms with van der Waals surface area (Å²) in [6.45, 7) is 23.6. The average Bonchev–Trinajstić information content (AvgIpc) is 3.60. The van der Waals surface area contributed by atoms with Gasteiger partial charge in [0, 0.05) is 56.9 Å². The molecular formula is C69H83N5O4. The van der Waals surface area contributed by atoms with Crippen molar-refractivity contribution in [2.24, 2.45) is 34.5 Å². The second-order valence-electron chi connectivity index (χ2n) is 25.7. The van der Waals surface area contributed by atoms with Gasteiger partial charge in [0.05, 0.1) is 12.1 Å². The Morgan fingerprint density at radius 2 is 1.00 bits per heavy atom. The van der Waals surface area contributed by atoms with E-state index in [4.69, 9.17) is 0 Å². The highest BCUT2D eigenvalue weighted by molar-refractivity contribution is 6.08. The molecule has 2 aromatic carbocycles. The Morgan fingerprint density at radius 3 is 1.50 bits per heavy atom. The number of rotatable bonds is 1. The van der Waals surface area contributed by atoms with Crippen molar-refractivity contribution >= 4 is 29.3 Å². The highest BCUT2D eigenvalue weighted by atomic mass is 16.2. The van der Waals surface area contributed by atoms with Gasteiger partial charge in [-0.15, -0.1) is 0 Å². The standard InChI is InChI=1S/C69H83N5O4/c1-40-26-54-27-41(2)59(40)66(78)71-58-38-52(37-53(39-58)67(9,10)11)65(77)74-62-46(7)32-57(33-47(62)8)69(22-16-13-17-23-69)56-30-44(5)61(45(6)31-56)73-64(76)51-35-49(48-18-24-70-25-19-48)34-50(36-51)63(75)72-60-42(3)28-55(29-43(60)4)68(54)20-14-12-15-21-68/h18-19,24-26,28-30,32-39,42,46,54,56,60,62H,12-17,20-23,27,31H2,1-11H3,(H,71,78)(H,72,75)(H,73,76)(H,74,77). The number of nitrogens with zero attached hydrogens (tertiary/aromatic N) is 1. The normalized spacial score (nSPS) is 26.9. The van der Waals surface area contributed by atoms with E-state index in [0.717, 1.165) is 120 Å². The highest BCUT2D eigenvalue weighted by Crippen LogP contribution is 2.56. The quantitative estimate of drug-likeness (QED) is 0.193. The third kappa shape index (κ3) is 10.6. The molecule has 2 saturated carbocycles. The highest BCUT2D eigenvalue weighted by Gasteiger charge is 2.46. The van der Waals surface area contributed by atoms with E-state index in [9.17, 15) is 19.2 Å². The second kappa shape index (κ2) is 21.6. The van der Waals surface area contributed by atoms with Gasteiger partial charge in [0.1, 0.15) is 0 Å². The van der Waals surface area contributed by atoms with Crippen molar-refractivity contribution in [1.82, 2.24) is 20.9 Å². The molecule has 78 heavy (non-hydrogen) atoms. The van der Waals surface area contributed by atoms with Crippen LogP contribution in [0.1, 0.15) is 190 Å². The van der Waals surface area contributed by atoms with Crippen LogP contribution < -0.4 is 21.3 Å². The molecule has 4 N–H and O–H groups in total. The molecule has 6 unspecified atom stereocenters. The molecule has 0 radical (unpaired) electrons. The smallest absolute Gasteiger partial charge is 0.255 e. The fraction of sp³-hybridized carbons (Fsp3) is 0.464. The average molecular weight is 1050 g/mol. The lowest BCUT2D eigenvalue weighted by Crippen LogP contribution is -2.43. The third-order valence-corrected chi connectivity index (χ3v) is 19.2. The van der Waals surface area contributed by atoms with Gasteiger partial charge in [0.15, 0.2) is 0 Å². The molecule has 3 aromatic rings. The molecule has 1 aromatic heterocycles. The van der Waals surface area contributed by atoms with Gasteiger partial charge in [-0.25, -0.2) is 0 Å². The Kier molecular flexibility index (Phi) is 15.1. The minimum atomic E-state index is -0.283. The van der Waals surface area contributed by atoms with Crippen molar-refractivity contribution in [3.8, 4) is 11.1 Å². The van der Waals surface area contributed by atoms with Gasteiger partial charge in [-0.2, -0.15) is 0 Å². The van der Waals surface area contributed by atoms with Crippen LogP contribution in [0.3, 0.4) is 0 Å². The molecule has 0 saturated heterocycles. The van der Waals surface area contributed by atoms with Crippen molar-refractivity contribution in [2.45, 2.75) is 171 Å². The lowest BCUT2D eigenvalue weighted by molar-refractivity contribution is -0.112. The van der Waals surface area contributed by atoms with Crippen molar-refractivity contribution in [1.29, 1.82) is 0 Å². The van der Waals surface area contributed by atoms with Gasteiger partial charge in [0.2, 0.25) is 0 Å². The predicted molar refractivity (Wildman–Crippen MR) is 316 cm³/mol. The van der Waals surface area contributed by atoms with E-state index in [1.54, 1.807) is 18.5 Å². The second-order valence-corrected chi connectivity index (χ2v) is 25.7. The SMILES string of the molecule is CC1=CC2CC(C)=C1NC(=O)c1cc(cc(-c3ccncc3)c1)C(=O)NC1C(C)=CC(=CC1C)C1(CCCCC1)C1C=C(C)C(=C(C)C1)C(=O)Nc1cc(cc(C(C)(C)C)c1)C(=O)NC1C(C)=CC(=CC1C)C21CCCCC1. The Bertz CT molecular complexity index is 3210. The summed E-state index contributed by atoms with van der Waals surface area (Å²) in [6.07, 6.45) is 30.5. The zero-order chi connectivity index (χ0) is 55.4.